The van der Waals surface area contributed by atoms with Gasteiger partial charge in [-0.2, -0.15) is 0 Å². The summed E-state index contributed by atoms with van der Waals surface area (Å²) in [5.41, 5.74) is -0.302. The monoisotopic (exact) mass is 140 g/mol. The van der Waals surface area contributed by atoms with Gasteiger partial charge in [0.05, 0.1) is 6.26 Å². The minimum atomic E-state index is -0.302. The summed E-state index contributed by atoms with van der Waals surface area (Å²) in [6, 6.07) is 0. The second kappa shape index (κ2) is 2.45. The Kier molecular flexibility index (Phi) is 1.79. The van der Waals surface area contributed by atoms with Crippen molar-refractivity contribution >= 4 is 5.78 Å². The van der Waals surface area contributed by atoms with Crippen molar-refractivity contribution in [3.05, 3.63) is 12.3 Å². The van der Waals surface area contributed by atoms with Crippen LogP contribution in [-0.2, 0) is 9.53 Å². The van der Waals surface area contributed by atoms with Gasteiger partial charge in [-0.25, -0.2) is 0 Å². The summed E-state index contributed by atoms with van der Waals surface area (Å²) < 4.78 is 5.26. The Labute approximate surface area is 60.9 Å². The third kappa shape index (κ3) is 1.87. The van der Waals surface area contributed by atoms with E-state index in [0.29, 0.717) is 12.8 Å². The molecule has 0 saturated carbocycles. The highest BCUT2D eigenvalue weighted by atomic mass is 16.5. The summed E-state index contributed by atoms with van der Waals surface area (Å²) in [4.78, 5) is 11.0. The molecule has 2 nitrogen and oxygen atoms in total. The SMILES string of the molecule is CC1(C)CC(=O)CC=CO1. The molecule has 0 aromatic rings. The van der Waals surface area contributed by atoms with Gasteiger partial charge in [-0.3, -0.25) is 4.79 Å². The zero-order valence-electron chi connectivity index (χ0n) is 6.39. The molecule has 0 aromatic carbocycles. The van der Waals surface area contributed by atoms with Crippen molar-refractivity contribution in [3.63, 3.8) is 0 Å². The van der Waals surface area contributed by atoms with E-state index >= 15 is 0 Å². The number of ketones is 1. The van der Waals surface area contributed by atoms with Crippen LogP contribution in [0.3, 0.4) is 0 Å². The lowest BCUT2D eigenvalue weighted by molar-refractivity contribution is -0.121. The Morgan fingerprint density at radius 2 is 2.30 bits per heavy atom. The minimum Gasteiger partial charge on any atom is -0.495 e. The smallest absolute Gasteiger partial charge is 0.140 e. The van der Waals surface area contributed by atoms with Crippen molar-refractivity contribution in [2.75, 3.05) is 0 Å². The molecule has 0 fully saturated rings. The van der Waals surface area contributed by atoms with Gasteiger partial charge in [0.1, 0.15) is 11.4 Å². The number of hydrogen-bond acceptors (Lipinski definition) is 2. The second-order valence-corrected chi connectivity index (χ2v) is 3.17. The van der Waals surface area contributed by atoms with Gasteiger partial charge < -0.3 is 4.74 Å². The highest BCUT2D eigenvalue weighted by Gasteiger charge is 2.23. The molecule has 0 radical (unpaired) electrons. The average Bonchev–Trinajstić information content (AvgIpc) is 1.90. The van der Waals surface area contributed by atoms with Crippen LogP contribution in [-0.4, -0.2) is 11.4 Å². The fourth-order valence-electron chi connectivity index (χ4n) is 1.00. The van der Waals surface area contributed by atoms with Gasteiger partial charge in [-0.1, -0.05) is 0 Å². The van der Waals surface area contributed by atoms with Gasteiger partial charge in [0.25, 0.3) is 0 Å². The number of allylic oxidation sites excluding steroid dienone is 1. The molecule has 1 aliphatic rings. The van der Waals surface area contributed by atoms with Crippen LogP contribution in [0.5, 0.6) is 0 Å². The zero-order valence-corrected chi connectivity index (χ0v) is 6.39. The molecule has 56 valence electrons. The molecule has 2 heteroatoms. The van der Waals surface area contributed by atoms with E-state index in [-0.39, 0.29) is 11.4 Å². The van der Waals surface area contributed by atoms with E-state index in [2.05, 4.69) is 0 Å². The number of carbonyl (C=O) groups is 1. The maximum atomic E-state index is 11.0. The summed E-state index contributed by atoms with van der Waals surface area (Å²) in [6.45, 7) is 3.83. The average molecular weight is 140 g/mol. The molecule has 0 N–H and O–H groups in total. The summed E-state index contributed by atoms with van der Waals surface area (Å²) in [7, 11) is 0. The Hall–Kier alpha value is -0.790. The van der Waals surface area contributed by atoms with E-state index in [9.17, 15) is 4.79 Å². The lowest BCUT2D eigenvalue weighted by atomic mass is 10.0. The predicted octanol–water partition coefficient (Wildman–Crippen LogP) is 1.66. The molecule has 1 rings (SSSR count). The highest BCUT2D eigenvalue weighted by molar-refractivity contribution is 5.81. The Morgan fingerprint density at radius 3 is 3.00 bits per heavy atom. The van der Waals surface area contributed by atoms with Crippen molar-refractivity contribution in [2.45, 2.75) is 32.3 Å². The third-order valence-electron chi connectivity index (χ3n) is 1.45. The molecule has 0 aromatic heterocycles. The van der Waals surface area contributed by atoms with E-state index in [0.717, 1.165) is 0 Å². The number of rotatable bonds is 0. The van der Waals surface area contributed by atoms with E-state index < -0.39 is 0 Å². The van der Waals surface area contributed by atoms with Crippen molar-refractivity contribution in [2.24, 2.45) is 0 Å². The first kappa shape index (κ1) is 7.32. The Balaban J connectivity index is 2.66. The molecule has 0 bridgehead atoms. The number of hydrogen-bond donors (Lipinski definition) is 0. The van der Waals surface area contributed by atoms with Crippen LogP contribution < -0.4 is 0 Å². The van der Waals surface area contributed by atoms with Gasteiger partial charge in [-0.15, -0.1) is 0 Å². The first-order valence-electron chi connectivity index (χ1n) is 3.45. The summed E-state index contributed by atoms with van der Waals surface area (Å²) in [5, 5.41) is 0. The highest BCUT2D eigenvalue weighted by Crippen LogP contribution is 2.18. The summed E-state index contributed by atoms with van der Waals surface area (Å²) in [5.74, 6) is 0.249. The largest absolute Gasteiger partial charge is 0.495 e. The normalized spacial score (nSPS) is 23.6. The lowest BCUT2D eigenvalue weighted by Crippen LogP contribution is -2.24. The molecule has 0 amide bonds. The van der Waals surface area contributed by atoms with Crippen LogP contribution in [0.2, 0.25) is 0 Å². The van der Waals surface area contributed by atoms with Crippen molar-refractivity contribution < 1.29 is 9.53 Å². The molecule has 0 atom stereocenters. The van der Waals surface area contributed by atoms with Crippen LogP contribution in [0, 0.1) is 0 Å². The fourth-order valence-corrected chi connectivity index (χ4v) is 1.00. The Morgan fingerprint density at radius 1 is 1.60 bits per heavy atom. The number of carbonyl (C=O) groups excluding carboxylic acids is 1. The third-order valence-corrected chi connectivity index (χ3v) is 1.45. The van der Waals surface area contributed by atoms with E-state index in [1.165, 1.54) is 0 Å². The zero-order chi connectivity index (χ0) is 7.61. The molecule has 10 heavy (non-hydrogen) atoms. The van der Waals surface area contributed by atoms with E-state index in [1.54, 1.807) is 12.3 Å². The van der Waals surface area contributed by atoms with Gasteiger partial charge in [0.2, 0.25) is 0 Å². The van der Waals surface area contributed by atoms with Gasteiger partial charge >= 0.3 is 0 Å². The van der Waals surface area contributed by atoms with Gasteiger partial charge in [0, 0.05) is 12.8 Å². The lowest BCUT2D eigenvalue weighted by Gasteiger charge is -2.20. The summed E-state index contributed by atoms with van der Waals surface area (Å²) in [6.07, 6.45) is 4.41. The Bertz CT molecular complexity index is 168. The molecular formula is C8H12O2. The van der Waals surface area contributed by atoms with Crippen LogP contribution >= 0.6 is 0 Å². The molecule has 0 unspecified atom stereocenters. The van der Waals surface area contributed by atoms with E-state index in [4.69, 9.17) is 4.74 Å². The van der Waals surface area contributed by atoms with Crippen molar-refractivity contribution in [1.82, 2.24) is 0 Å². The van der Waals surface area contributed by atoms with Crippen LogP contribution in [0.15, 0.2) is 12.3 Å². The quantitative estimate of drug-likeness (QED) is 0.511. The molecule has 0 saturated heterocycles. The topological polar surface area (TPSA) is 26.3 Å². The first-order chi connectivity index (χ1) is 4.60. The molecule has 1 aliphatic heterocycles. The van der Waals surface area contributed by atoms with Crippen LogP contribution in [0.1, 0.15) is 26.7 Å². The summed E-state index contributed by atoms with van der Waals surface area (Å²) >= 11 is 0. The molecular weight excluding hydrogens is 128 g/mol. The number of Topliss-reactive ketones (excluding diaryl/α,β-unsaturated/α-hetero) is 1. The maximum absolute atomic E-state index is 11.0. The maximum Gasteiger partial charge on any atom is 0.140 e. The van der Waals surface area contributed by atoms with Crippen LogP contribution in [0.25, 0.3) is 0 Å². The van der Waals surface area contributed by atoms with Crippen molar-refractivity contribution in [1.29, 1.82) is 0 Å². The van der Waals surface area contributed by atoms with Crippen molar-refractivity contribution in [3.8, 4) is 0 Å². The number of ether oxygens (including phenoxy) is 1. The molecule has 0 aliphatic carbocycles. The first-order valence-corrected chi connectivity index (χ1v) is 3.45. The van der Waals surface area contributed by atoms with Crippen LogP contribution in [0.4, 0.5) is 0 Å². The van der Waals surface area contributed by atoms with E-state index in [1.807, 2.05) is 13.8 Å². The van der Waals surface area contributed by atoms with Gasteiger partial charge in [0.15, 0.2) is 0 Å². The molecule has 1 heterocycles. The standard InChI is InChI=1S/C8H12O2/c1-8(2)6-7(9)4-3-5-10-8/h3,5H,4,6H2,1-2H3. The van der Waals surface area contributed by atoms with Gasteiger partial charge in [-0.05, 0) is 19.9 Å². The minimum absolute atomic E-state index is 0.249. The second-order valence-electron chi connectivity index (χ2n) is 3.17. The predicted molar refractivity (Wildman–Crippen MR) is 38.5 cm³/mol. The molecule has 0 spiro atoms. The fraction of sp³-hybridized carbons (Fsp3) is 0.625.